The van der Waals surface area contributed by atoms with E-state index < -0.39 is 29.6 Å². The molecular formula is C20H14ClIN2O6S. The van der Waals surface area contributed by atoms with Crippen molar-refractivity contribution in [3.63, 3.8) is 0 Å². The number of amides is 3. The van der Waals surface area contributed by atoms with Gasteiger partial charge in [0.15, 0.2) is 11.5 Å². The maximum Gasteiger partial charge on any atom is 0.343 e. The maximum absolute atomic E-state index is 12.5. The fourth-order valence-corrected chi connectivity index (χ4v) is 4.40. The van der Waals surface area contributed by atoms with Crippen LogP contribution in [0.2, 0.25) is 5.02 Å². The molecule has 11 heteroatoms. The van der Waals surface area contributed by atoms with Gasteiger partial charge in [0.1, 0.15) is 6.54 Å². The first-order chi connectivity index (χ1) is 14.7. The predicted molar refractivity (Wildman–Crippen MR) is 124 cm³/mol. The van der Waals surface area contributed by atoms with Crippen LogP contribution in [-0.2, 0) is 9.59 Å². The number of nitrogens with two attached hydrogens (primary N) is 1. The van der Waals surface area contributed by atoms with Gasteiger partial charge in [-0.15, -0.1) is 0 Å². The second kappa shape index (κ2) is 9.71. The van der Waals surface area contributed by atoms with E-state index in [0.29, 0.717) is 25.9 Å². The van der Waals surface area contributed by atoms with Crippen LogP contribution in [0.15, 0.2) is 41.3 Å². The van der Waals surface area contributed by atoms with E-state index in [2.05, 4.69) is 0 Å². The second-order valence-electron chi connectivity index (χ2n) is 6.17. The zero-order chi connectivity index (χ0) is 22.7. The number of nitrogens with zero attached hydrogens (tertiary/aromatic N) is 1. The smallest absolute Gasteiger partial charge is 0.343 e. The van der Waals surface area contributed by atoms with Crippen LogP contribution in [0.4, 0.5) is 4.79 Å². The Hall–Kier alpha value is -2.57. The van der Waals surface area contributed by atoms with E-state index >= 15 is 0 Å². The maximum atomic E-state index is 12.5. The summed E-state index contributed by atoms with van der Waals surface area (Å²) in [5.74, 6) is -1.55. The molecule has 2 N–H and O–H groups in total. The number of thioether (sulfide) groups is 1. The van der Waals surface area contributed by atoms with Crippen molar-refractivity contribution in [1.82, 2.24) is 4.90 Å². The van der Waals surface area contributed by atoms with Crippen molar-refractivity contribution in [2.75, 3.05) is 13.7 Å². The molecule has 8 nitrogen and oxygen atoms in total. The Labute approximate surface area is 199 Å². The first-order valence-corrected chi connectivity index (χ1v) is 10.9. The van der Waals surface area contributed by atoms with E-state index in [4.69, 9.17) is 26.8 Å². The number of benzene rings is 2. The number of halogens is 2. The van der Waals surface area contributed by atoms with E-state index in [-0.39, 0.29) is 22.0 Å². The van der Waals surface area contributed by atoms with Gasteiger partial charge in [-0.1, -0.05) is 17.7 Å². The third-order valence-corrected chi connectivity index (χ3v) is 5.94. The first kappa shape index (κ1) is 23.1. The molecule has 2 aromatic carbocycles. The summed E-state index contributed by atoms with van der Waals surface area (Å²) in [6.07, 6.45) is 1.49. The second-order valence-corrected chi connectivity index (χ2v) is 8.76. The Morgan fingerprint density at radius 2 is 2.00 bits per heavy atom. The average Bonchev–Trinajstić information content (AvgIpc) is 2.96. The van der Waals surface area contributed by atoms with Crippen LogP contribution in [0, 0.1) is 3.57 Å². The van der Waals surface area contributed by atoms with Gasteiger partial charge in [-0.3, -0.25) is 19.3 Å². The third kappa shape index (κ3) is 5.38. The quantitative estimate of drug-likeness (QED) is 0.243. The molecule has 1 saturated heterocycles. The summed E-state index contributed by atoms with van der Waals surface area (Å²) < 4.78 is 11.4. The molecule has 3 amide bonds. The number of ether oxygens (including phenoxy) is 2. The van der Waals surface area contributed by atoms with Crippen molar-refractivity contribution in [3.05, 3.63) is 61.0 Å². The van der Waals surface area contributed by atoms with E-state index in [1.807, 2.05) is 22.6 Å². The topological polar surface area (TPSA) is 116 Å². The standard InChI is InChI=1S/C20H14ClIN2O6S/c1-29-14-6-10(7-15-18(26)24(9-16(23)25)20(28)31-15)5-13(22)17(14)30-19(27)11-3-2-4-12(21)8-11/h2-8H,9H2,1H3,(H2,23,25)/b15-7-. The van der Waals surface area contributed by atoms with E-state index in [1.54, 1.807) is 30.3 Å². The van der Waals surface area contributed by atoms with Gasteiger partial charge in [0.25, 0.3) is 11.1 Å². The minimum Gasteiger partial charge on any atom is -0.493 e. The third-order valence-electron chi connectivity index (χ3n) is 3.99. The lowest BCUT2D eigenvalue weighted by Gasteiger charge is -2.13. The lowest BCUT2D eigenvalue weighted by Crippen LogP contribution is -2.36. The minimum absolute atomic E-state index is 0.132. The number of carbonyl (C=O) groups is 4. The van der Waals surface area contributed by atoms with Crippen molar-refractivity contribution < 1.29 is 28.7 Å². The molecule has 0 atom stereocenters. The highest BCUT2D eigenvalue weighted by molar-refractivity contribution is 14.1. The van der Waals surface area contributed by atoms with Crippen LogP contribution in [0.1, 0.15) is 15.9 Å². The molecule has 1 heterocycles. The van der Waals surface area contributed by atoms with Crippen LogP contribution in [0.3, 0.4) is 0 Å². The van der Waals surface area contributed by atoms with Gasteiger partial charge in [0.05, 0.1) is 21.1 Å². The van der Waals surface area contributed by atoms with Gasteiger partial charge in [0.2, 0.25) is 5.91 Å². The van der Waals surface area contributed by atoms with E-state index in [0.717, 1.165) is 4.90 Å². The normalized spacial score (nSPS) is 14.8. The summed E-state index contributed by atoms with van der Waals surface area (Å²) in [7, 11) is 1.41. The van der Waals surface area contributed by atoms with Gasteiger partial charge in [0, 0.05) is 5.02 Å². The number of primary amides is 1. The van der Waals surface area contributed by atoms with Gasteiger partial charge in [-0.25, -0.2) is 4.79 Å². The van der Waals surface area contributed by atoms with Crippen LogP contribution in [-0.4, -0.2) is 41.6 Å². The fraction of sp³-hybridized carbons (Fsp3) is 0.100. The van der Waals surface area contributed by atoms with Crippen LogP contribution < -0.4 is 15.2 Å². The Bertz CT molecular complexity index is 1140. The lowest BCUT2D eigenvalue weighted by atomic mass is 10.1. The average molecular weight is 573 g/mol. The zero-order valence-corrected chi connectivity index (χ0v) is 19.6. The number of methoxy groups -OCH3 is 1. The molecule has 0 aliphatic carbocycles. The molecule has 0 unspecified atom stereocenters. The minimum atomic E-state index is -0.786. The Morgan fingerprint density at radius 3 is 2.65 bits per heavy atom. The summed E-state index contributed by atoms with van der Waals surface area (Å²) in [6, 6.07) is 9.55. The number of carbonyl (C=O) groups excluding carboxylic acids is 4. The summed E-state index contributed by atoms with van der Waals surface area (Å²) in [5, 5.41) is -0.180. The summed E-state index contributed by atoms with van der Waals surface area (Å²) in [5.41, 5.74) is 5.89. The van der Waals surface area contributed by atoms with E-state index in [9.17, 15) is 19.2 Å². The van der Waals surface area contributed by atoms with Crippen molar-refractivity contribution in [2.24, 2.45) is 5.73 Å². The molecule has 1 aliphatic heterocycles. The molecule has 0 spiro atoms. The molecule has 1 fully saturated rings. The van der Waals surface area contributed by atoms with Crippen molar-refractivity contribution in [1.29, 1.82) is 0 Å². The van der Waals surface area contributed by atoms with Crippen LogP contribution in [0.25, 0.3) is 6.08 Å². The Balaban J connectivity index is 1.88. The highest BCUT2D eigenvalue weighted by atomic mass is 127. The highest BCUT2D eigenvalue weighted by Gasteiger charge is 2.36. The first-order valence-electron chi connectivity index (χ1n) is 8.58. The summed E-state index contributed by atoms with van der Waals surface area (Å²) in [6.45, 7) is -0.485. The fourth-order valence-electron chi connectivity index (χ4n) is 2.63. The van der Waals surface area contributed by atoms with E-state index in [1.165, 1.54) is 19.3 Å². The lowest BCUT2D eigenvalue weighted by molar-refractivity contribution is -0.127. The number of rotatable bonds is 6. The van der Waals surface area contributed by atoms with Gasteiger partial charge >= 0.3 is 5.97 Å². The molecule has 0 radical (unpaired) electrons. The number of imide groups is 1. The molecule has 0 bridgehead atoms. The number of hydrogen-bond donors (Lipinski definition) is 1. The zero-order valence-electron chi connectivity index (χ0n) is 15.9. The largest absolute Gasteiger partial charge is 0.493 e. The number of hydrogen-bond acceptors (Lipinski definition) is 7. The molecule has 0 aromatic heterocycles. The summed E-state index contributed by atoms with van der Waals surface area (Å²) >= 11 is 8.59. The molecule has 160 valence electrons. The Kier molecular flexibility index (Phi) is 7.23. The van der Waals surface area contributed by atoms with Crippen LogP contribution in [0.5, 0.6) is 11.5 Å². The Morgan fingerprint density at radius 1 is 1.26 bits per heavy atom. The molecule has 2 aromatic rings. The highest BCUT2D eigenvalue weighted by Crippen LogP contribution is 2.37. The number of esters is 1. The monoisotopic (exact) mass is 572 g/mol. The van der Waals surface area contributed by atoms with Crippen molar-refractivity contribution in [2.45, 2.75) is 0 Å². The molecule has 1 aliphatic rings. The SMILES string of the molecule is COc1cc(/C=C2\SC(=O)N(CC(N)=O)C2=O)cc(I)c1OC(=O)c1cccc(Cl)c1. The van der Waals surface area contributed by atoms with Gasteiger partial charge in [-0.05, 0) is 76.3 Å². The molecular weight excluding hydrogens is 559 g/mol. The van der Waals surface area contributed by atoms with Crippen molar-refractivity contribution in [3.8, 4) is 11.5 Å². The molecule has 3 rings (SSSR count). The van der Waals surface area contributed by atoms with Gasteiger partial charge in [-0.2, -0.15) is 0 Å². The molecule has 0 saturated carbocycles. The van der Waals surface area contributed by atoms with Gasteiger partial charge < -0.3 is 15.2 Å². The van der Waals surface area contributed by atoms with Crippen LogP contribution >= 0.6 is 46.0 Å². The molecule has 31 heavy (non-hydrogen) atoms. The predicted octanol–water partition coefficient (Wildman–Crippen LogP) is 3.69. The van der Waals surface area contributed by atoms with Crippen molar-refractivity contribution >= 4 is 75.1 Å². The summed E-state index contributed by atoms with van der Waals surface area (Å²) in [4.78, 5) is 48.8.